The summed E-state index contributed by atoms with van der Waals surface area (Å²) in [5.74, 6) is 0.995. The number of hydrogen-bond donors (Lipinski definition) is 1. The van der Waals surface area contributed by atoms with Gasteiger partial charge in [-0.2, -0.15) is 5.10 Å². The quantitative estimate of drug-likeness (QED) is 0.413. The number of carbonyl (C=O) groups is 1. The van der Waals surface area contributed by atoms with Crippen LogP contribution in [0.15, 0.2) is 96.1 Å². The molecule has 3 rings (SSSR count). The molecule has 0 aromatic heterocycles. The molecular formula is C25H24N2O3. The normalized spacial score (nSPS) is 11.3. The first-order chi connectivity index (χ1) is 14.7. The first-order valence-corrected chi connectivity index (χ1v) is 9.65. The Bertz CT molecular complexity index is 982. The van der Waals surface area contributed by atoms with Crippen LogP contribution in [0, 0.1) is 0 Å². The lowest BCUT2D eigenvalue weighted by Crippen LogP contribution is -2.25. The van der Waals surface area contributed by atoms with Crippen LogP contribution in [0.5, 0.6) is 11.5 Å². The lowest BCUT2D eigenvalue weighted by molar-refractivity contribution is -0.123. The Labute approximate surface area is 176 Å². The van der Waals surface area contributed by atoms with E-state index < -0.39 is 0 Å². The highest BCUT2D eigenvalue weighted by atomic mass is 16.5. The van der Waals surface area contributed by atoms with Crippen LogP contribution in [0.25, 0.3) is 6.08 Å². The zero-order valence-electron chi connectivity index (χ0n) is 16.8. The number of hydrogen-bond acceptors (Lipinski definition) is 4. The van der Waals surface area contributed by atoms with Gasteiger partial charge in [-0.3, -0.25) is 4.79 Å². The lowest BCUT2D eigenvalue weighted by Gasteiger charge is -2.08. The average Bonchev–Trinajstić information content (AvgIpc) is 2.80. The smallest absolute Gasteiger partial charge is 0.277 e. The first-order valence-electron chi connectivity index (χ1n) is 9.65. The van der Waals surface area contributed by atoms with E-state index in [0.717, 1.165) is 16.9 Å². The zero-order chi connectivity index (χ0) is 21.0. The fourth-order valence-electron chi connectivity index (χ4n) is 2.52. The molecule has 5 heteroatoms. The van der Waals surface area contributed by atoms with Crippen molar-refractivity contribution in [2.45, 2.75) is 13.5 Å². The Kier molecular flexibility index (Phi) is 7.80. The van der Waals surface area contributed by atoms with Gasteiger partial charge in [0.25, 0.3) is 5.91 Å². The Morgan fingerprint density at radius 2 is 1.47 bits per heavy atom. The monoisotopic (exact) mass is 400 g/mol. The molecular weight excluding hydrogens is 376 g/mol. The Morgan fingerprint density at radius 1 is 0.867 bits per heavy atom. The molecule has 0 fully saturated rings. The molecule has 1 amide bonds. The molecule has 0 saturated carbocycles. The predicted octanol–water partition coefficient (Wildman–Crippen LogP) is 4.85. The zero-order valence-corrected chi connectivity index (χ0v) is 16.8. The Balaban J connectivity index is 1.40. The van der Waals surface area contributed by atoms with Crippen molar-refractivity contribution in [3.8, 4) is 11.5 Å². The average molecular weight is 400 g/mol. The fraction of sp³-hybridized carbons (Fsp3) is 0.120. The van der Waals surface area contributed by atoms with E-state index in [1.54, 1.807) is 12.1 Å². The molecule has 0 bridgehead atoms. The predicted molar refractivity (Wildman–Crippen MR) is 119 cm³/mol. The Hall–Kier alpha value is -3.86. The molecule has 30 heavy (non-hydrogen) atoms. The summed E-state index contributed by atoms with van der Waals surface area (Å²) in [5, 5.41) is 4.05. The van der Waals surface area contributed by atoms with Crippen molar-refractivity contribution < 1.29 is 14.3 Å². The van der Waals surface area contributed by atoms with Gasteiger partial charge >= 0.3 is 0 Å². The molecule has 0 aliphatic heterocycles. The van der Waals surface area contributed by atoms with Crippen LogP contribution in [0.4, 0.5) is 0 Å². The van der Waals surface area contributed by atoms with Gasteiger partial charge in [0, 0.05) is 0 Å². The van der Waals surface area contributed by atoms with Crippen molar-refractivity contribution >= 4 is 17.7 Å². The number of hydrazone groups is 1. The number of benzene rings is 3. The lowest BCUT2D eigenvalue weighted by atomic mass is 10.2. The van der Waals surface area contributed by atoms with Crippen LogP contribution in [-0.4, -0.2) is 18.2 Å². The SMILES string of the molecule is CC(/C=C/c1ccccc1)=N/NC(=O)COc1ccc(OCc2ccccc2)cc1. The summed E-state index contributed by atoms with van der Waals surface area (Å²) in [5.41, 5.74) is 5.34. The van der Waals surface area contributed by atoms with E-state index in [1.165, 1.54) is 0 Å². The van der Waals surface area contributed by atoms with E-state index >= 15 is 0 Å². The molecule has 0 aliphatic rings. The van der Waals surface area contributed by atoms with Gasteiger partial charge in [-0.25, -0.2) is 5.43 Å². The van der Waals surface area contributed by atoms with Crippen LogP contribution < -0.4 is 14.9 Å². The second-order valence-corrected chi connectivity index (χ2v) is 6.57. The van der Waals surface area contributed by atoms with Crippen molar-refractivity contribution in [3.63, 3.8) is 0 Å². The third-order valence-corrected chi connectivity index (χ3v) is 4.12. The summed E-state index contributed by atoms with van der Waals surface area (Å²) < 4.78 is 11.2. The van der Waals surface area contributed by atoms with Crippen LogP contribution in [-0.2, 0) is 11.4 Å². The largest absolute Gasteiger partial charge is 0.489 e. The van der Waals surface area contributed by atoms with Gasteiger partial charge in [0.15, 0.2) is 6.61 Å². The third-order valence-electron chi connectivity index (χ3n) is 4.12. The van der Waals surface area contributed by atoms with Crippen molar-refractivity contribution in [3.05, 3.63) is 102 Å². The highest BCUT2D eigenvalue weighted by Gasteiger charge is 2.03. The molecule has 0 aliphatic carbocycles. The van der Waals surface area contributed by atoms with Crippen molar-refractivity contribution in [2.75, 3.05) is 6.61 Å². The van der Waals surface area contributed by atoms with E-state index in [2.05, 4.69) is 10.5 Å². The number of nitrogens with one attached hydrogen (secondary N) is 1. The van der Waals surface area contributed by atoms with Crippen LogP contribution >= 0.6 is 0 Å². The highest BCUT2D eigenvalue weighted by Crippen LogP contribution is 2.18. The molecule has 0 heterocycles. The number of nitrogens with zero attached hydrogens (tertiary/aromatic N) is 1. The summed E-state index contributed by atoms with van der Waals surface area (Å²) in [6, 6.07) is 27.0. The fourth-order valence-corrected chi connectivity index (χ4v) is 2.52. The summed E-state index contributed by atoms with van der Waals surface area (Å²) >= 11 is 0. The van der Waals surface area contributed by atoms with Crippen LogP contribution in [0.1, 0.15) is 18.1 Å². The molecule has 5 nitrogen and oxygen atoms in total. The summed E-state index contributed by atoms with van der Waals surface area (Å²) in [6.07, 6.45) is 3.77. The van der Waals surface area contributed by atoms with E-state index in [9.17, 15) is 4.79 Å². The minimum atomic E-state index is -0.327. The molecule has 0 atom stereocenters. The molecule has 0 unspecified atom stereocenters. The molecule has 0 saturated heterocycles. The number of allylic oxidation sites excluding steroid dienone is 1. The Morgan fingerprint density at radius 3 is 2.13 bits per heavy atom. The minimum absolute atomic E-state index is 0.122. The molecule has 0 spiro atoms. The van der Waals surface area contributed by atoms with E-state index in [1.807, 2.05) is 91.9 Å². The van der Waals surface area contributed by atoms with Crippen molar-refractivity contribution in [2.24, 2.45) is 5.10 Å². The third kappa shape index (κ3) is 7.28. The van der Waals surface area contributed by atoms with Gasteiger partial charge < -0.3 is 9.47 Å². The summed E-state index contributed by atoms with van der Waals surface area (Å²) in [4.78, 5) is 11.9. The van der Waals surface area contributed by atoms with E-state index in [-0.39, 0.29) is 12.5 Å². The first kappa shape index (κ1) is 20.9. The van der Waals surface area contributed by atoms with Gasteiger partial charge in [0.1, 0.15) is 18.1 Å². The van der Waals surface area contributed by atoms with E-state index in [4.69, 9.17) is 9.47 Å². The second kappa shape index (κ2) is 11.2. The van der Waals surface area contributed by atoms with Crippen molar-refractivity contribution in [1.29, 1.82) is 0 Å². The standard InChI is InChI=1S/C25H24N2O3/c1-20(12-13-21-8-4-2-5-9-21)26-27-25(28)19-30-24-16-14-23(15-17-24)29-18-22-10-6-3-7-11-22/h2-17H,18-19H2,1H3,(H,27,28)/b13-12+,26-20-. The van der Waals surface area contributed by atoms with Gasteiger partial charge in [0.05, 0.1) is 5.71 Å². The van der Waals surface area contributed by atoms with E-state index in [0.29, 0.717) is 18.1 Å². The number of ether oxygens (including phenoxy) is 2. The van der Waals surface area contributed by atoms with Gasteiger partial charge in [0.2, 0.25) is 0 Å². The topological polar surface area (TPSA) is 59.9 Å². The highest BCUT2D eigenvalue weighted by molar-refractivity contribution is 5.97. The maximum atomic E-state index is 11.9. The molecule has 3 aromatic rings. The molecule has 152 valence electrons. The number of amides is 1. The second-order valence-electron chi connectivity index (χ2n) is 6.57. The molecule has 3 aromatic carbocycles. The molecule has 1 N–H and O–H groups in total. The maximum Gasteiger partial charge on any atom is 0.277 e. The minimum Gasteiger partial charge on any atom is -0.489 e. The maximum absolute atomic E-state index is 11.9. The van der Waals surface area contributed by atoms with Gasteiger partial charge in [-0.15, -0.1) is 0 Å². The van der Waals surface area contributed by atoms with Gasteiger partial charge in [-0.05, 0) is 48.4 Å². The van der Waals surface area contributed by atoms with Crippen LogP contribution in [0.2, 0.25) is 0 Å². The van der Waals surface area contributed by atoms with Gasteiger partial charge in [-0.1, -0.05) is 66.7 Å². The number of rotatable bonds is 9. The van der Waals surface area contributed by atoms with Crippen LogP contribution in [0.3, 0.4) is 0 Å². The summed E-state index contributed by atoms with van der Waals surface area (Å²) in [7, 11) is 0. The summed E-state index contributed by atoms with van der Waals surface area (Å²) in [6.45, 7) is 2.19. The van der Waals surface area contributed by atoms with Crippen molar-refractivity contribution in [1.82, 2.24) is 5.43 Å². The number of carbonyl (C=O) groups excluding carboxylic acids is 1. The molecule has 0 radical (unpaired) electrons.